The van der Waals surface area contributed by atoms with Crippen LogP contribution in [-0.2, 0) is 0 Å². The van der Waals surface area contributed by atoms with Crippen LogP contribution in [-0.4, -0.2) is 42.0 Å². The third-order valence-corrected chi connectivity index (χ3v) is 6.93. The number of ether oxygens (including phenoxy) is 1. The maximum absolute atomic E-state index is 12.8. The van der Waals surface area contributed by atoms with Crippen molar-refractivity contribution in [2.75, 3.05) is 25.5 Å². The predicted octanol–water partition coefficient (Wildman–Crippen LogP) is 4.93. The number of methoxy groups -OCH3 is 1. The second kappa shape index (κ2) is 9.21. The van der Waals surface area contributed by atoms with Crippen molar-refractivity contribution in [2.24, 2.45) is 0 Å². The van der Waals surface area contributed by atoms with E-state index in [0.29, 0.717) is 26.9 Å². The van der Waals surface area contributed by atoms with Crippen LogP contribution >= 0.6 is 35.2 Å². The van der Waals surface area contributed by atoms with Crippen molar-refractivity contribution >= 4 is 67.9 Å². The maximum Gasteiger partial charge on any atom is 0.269 e. The molecule has 3 aromatic rings. The molecule has 1 fully saturated rings. The SMILES string of the molecule is COc1ccc2c(Cl)c(C(=O)NC(=S)Nc3ccccc3C(=O)N3CCCC3)sc2c1. The molecule has 0 spiro atoms. The Hall–Kier alpha value is -2.68. The highest BCUT2D eigenvalue weighted by atomic mass is 35.5. The largest absolute Gasteiger partial charge is 0.497 e. The van der Waals surface area contributed by atoms with E-state index in [-0.39, 0.29) is 11.0 Å². The van der Waals surface area contributed by atoms with Gasteiger partial charge in [0.05, 0.1) is 23.4 Å². The molecule has 2 aromatic carbocycles. The third kappa shape index (κ3) is 4.51. The second-order valence-corrected chi connectivity index (χ2v) is 8.90. The summed E-state index contributed by atoms with van der Waals surface area (Å²) in [5, 5.41) is 6.88. The Balaban J connectivity index is 1.49. The molecule has 2 N–H and O–H groups in total. The van der Waals surface area contributed by atoms with E-state index in [0.717, 1.165) is 36.0 Å². The lowest BCUT2D eigenvalue weighted by molar-refractivity contribution is 0.0793. The van der Waals surface area contributed by atoms with Crippen molar-refractivity contribution in [2.45, 2.75) is 12.8 Å². The second-order valence-electron chi connectivity index (χ2n) is 7.06. The van der Waals surface area contributed by atoms with Crippen LogP contribution in [0, 0.1) is 0 Å². The van der Waals surface area contributed by atoms with E-state index >= 15 is 0 Å². The van der Waals surface area contributed by atoms with Crippen molar-refractivity contribution < 1.29 is 14.3 Å². The fourth-order valence-corrected chi connectivity index (χ4v) is 5.14. The van der Waals surface area contributed by atoms with Crippen molar-refractivity contribution in [3.8, 4) is 5.75 Å². The minimum atomic E-state index is -0.411. The number of hydrogen-bond acceptors (Lipinski definition) is 5. The lowest BCUT2D eigenvalue weighted by Crippen LogP contribution is -2.35. The lowest BCUT2D eigenvalue weighted by Gasteiger charge is -2.18. The Morgan fingerprint density at radius 3 is 2.65 bits per heavy atom. The van der Waals surface area contributed by atoms with Crippen LogP contribution in [0.1, 0.15) is 32.9 Å². The maximum atomic E-state index is 12.8. The van der Waals surface area contributed by atoms with E-state index in [1.165, 1.54) is 11.3 Å². The van der Waals surface area contributed by atoms with Gasteiger partial charge < -0.3 is 15.0 Å². The number of nitrogens with zero attached hydrogens (tertiary/aromatic N) is 1. The molecule has 1 aromatic heterocycles. The standard InChI is InChI=1S/C22H20ClN3O3S2/c1-29-13-8-9-15-17(12-13)31-19(18(15)23)20(27)25-22(30)24-16-7-3-2-6-14(16)21(28)26-10-4-5-11-26/h2-3,6-9,12H,4-5,10-11H2,1H3,(H2,24,25,27,30). The first-order chi connectivity index (χ1) is 15.0. The Kier molecular flexibility index (Phi) is 6.41. The van der Waals surface area contributed by atoms with E-state index < -0.39 is 5.91 Å². The molecule has 0 aliphatic carbocycles. The van der Waals surface area contributed by atoms with Crippen LogP contribution in [0.5, 0.6) is 5.75 Å². The number of carbonyl (C=O) groups excluding carboxylic acids is 2. The van der Waals surface area contributed by atoms with Gasteiger partial charge in [-0.1, -0.05) is 23.7 Å². The zero-order chi connectivity index (χ0) is 22.0. The van der Waals surface area contributed by atoms with Crippen LogP contribution in [0.2, 0.25) is 5.02 Å². The Morgan fingerprint density at radius 2 is 1.90 bits per heavy atom. The topological polar surface area (TPSA) is 70.7 Å². The van der Waals surface area contributed by atoms with Crippen molar-refractivity contribution in [1.29, 1.82) is 0 Å². The number of likely N-dealkylation sites (tertiary alicyclic amines) is 1. The molecule has 1 aliphatic rings. The zero-order valence-corrected chi connectivity index (χ0v) is 19.1. The van der Waals surface area contributed by atoms with Crippen LogP contribution in [0.4, 0.5) is 5.69 Å². The lowest BCUT2D eigenvalue weighted by atomic mass is 10.1. The summed E-state index contributed by atoms with van der Waals surface area (Å²) < 4.78 is 6.07. The summed E-state index contributed by atoms with van der Waals surface area (Å²) in [6.07, 6.45) is 2.02. The molecule has 1 saturated heterocycles. The number of carbonyl (C=O) groups is 2. The normalized spacial score (nSPS) is 13.3. The fraction of sp³-hybridized carbons (Fsp3) is 0.227. The molecule has 6 nitrogen and oxygen atoms in total. The van der Waals surface area contributed by atoms with Gasteiger partial charge in [-0.25, -0.2) is 0 Å². The molecular formula is C22H20ClN3O3S2. The van der Waals surface area contributed by atoms with E-state index in [2.05, 4.69) is 10.6 Å². The van der Waals surface area contributed by atoms with Gasteiger partial charge in [0.1, 0.15) is 10.6 Å². The molecular weight excluding hydrogens is 454 g/mol. The summed E-state index contributed by atoms with van der Waals surface area (Å²) in [7, 11) is 1.58. The van der Waals surface area contributed by atoms with E-state index in [1.807, 2.05) is 23.1 Å². The number of rotatable bonds is 4. The molecule has 4 rings (SSSR count). The van der Waals surface area contributed by atoms with Crippen molar-refractivity contribution in [3.05, 3.63) is 57.9 Å². The van der Waals surface area contributed by atoms with Gasteiger partial charge in [0, 0.05) is 23.2 Å². The van der Waals surface area contributed by atoms with Crippen LogP contribution < -0.4 is 15.4 Å². The minimum absolute atomic E-state index is 0.0452. The van der Waals surface area contributed by atoms with E-state index in [9.17, 15) is 9.59 Å². The highest BCUT2D eigenvalue weighted by Crippen LogP contribution is 2.37. The summed E-state index contributed by atoms with van der Waals surface area (Å²) in [4.78, 5) is 27.8. The molecule has 0 bridgehead atoms. The first-order valence-corrected chi connectivity index (χ1v) is 11.3. The quantitative estimate of drug-likeness (QED) is 0.526. The van der Waals surface area contributed by atoms with Gasteiger partial charge in [-0.15, -0.1) is 11.3 Å². The van der Waals surface area contributed by atoms with Gasteiger partial charge in [0.15, 0.2) is 5.11 Å². The van der Waals surface area contributed by atoms with Crippen molar-refractivity contribution in [1.82, 2.24) is 10.2 Å². The molecule has 0 unspecified atom stereocenters. The van der Waals surface area contributed by atoms with Gasteiger partial charge in [-0.3, -0.25) is 14.9 Å². The minimum Gasteiger partial charge on any atom is -0.497 e. The van der Waals surface area contributed by atoms with Gasteiger partial charge in [0.25, 0.3) is 11.8 Å². The Morgan fingerprint density at radius 1 is 1.16 bits per heavy atom. The van der Waals surface area contributed by atoms with Crippen molar-refractivity contribution in [3.63, 3.8) is 0 Å². The molecule has 0 saturated carbocycles. The summed E-state index contributed by atoms with van der Waals surface area (Å²) >= 11 is 13.0. The number of hydrogen-bond donors (Lipinski definition) is 2. The predicted molar refractivity (Wildman–Crippen MR) is 129 cm³/mol. The molecule has 160 valence electrons. The zero-order valence-electron chi connectivity index (χ0n) is 16.7. The summed E-state index contributed by atoms with van der Waals surface area (Å²) in [6.45, 7) is 1.51. The Bertz CT molecular complexity index is 1170. The fourth-order valence-electron chi connectivity index (χ4n) is 3.50. The number of nitrogens with one attached hydrogen (secondary N) is 2. The summed E-state index contributed by atoms with van der Waals surface area (Å²) in [5.74, 6) is 0.232. The molecule has 31 heavy (non-hydrogen) atoms. The Labute approximate surface area is 194 Å². The number of fused-ring (bicyclic) bond motifs is 1. The number of para-hydroxylation sites is 1. The first-order valence-electron chi connectivity index (χ1n) is 9.74. The smallest absolute Gasteiger partial charge is 0.269 e. The summed E-state index contributed by atoms with van der Waals surface area (Å²) in [5.41, 5.74) is 1.07. The molecule has 2 amide bonds. The summed E-state index contributed by atoms with van der Waals surface area (Å²) in [6, 6.07) is 12.6. The molecule has 0 atom stereocenters. The third-order valence-electron chi connectivity index (χ3n) is 5.07. The van der Waals surface area contributed by atoms with Gasteiger partial charge in [0.2, 0.25) is 0 Å². The van der Waals surface area contributed by atoms with E-state index in [4.69, 9.17) is 28.6 Å². The van der Waals surface area contributed by atoms with E-state index in [1.54, 1.807) is 31.4 Å². The number of thiocarbonyl (C=S) groups is 1. The first kappa shape index (κ1) is 21.5. The number of anilines is 1. The van der Waals surface area contributed by atoms with Crippen LogP contribution in [0.15, 0.2) is 42.5 Å². The monoisotopic (exact) mass is 473 g/mol. The van der Waals surface area contributed by atoms with Gasteiger partial charge >= 0.3 is 0 Å². The highest BCUT2D eigenvalue weighted by molar-refractivity contribution is 7.80. The number of thiophene rings is 1. The van der Waals surface area contributed by atoms with Crippen LogP contribution in [0.3, 0.4) is 0 Å². The van der Waals surface area contributed by atoms with Gasteiger partial charge in [-0.05, 0) is 55.4 Å². The highest BCUT2D eigenvalue weighted by Gasteiger charge is 2.23. The molecule has 9 heteroatoms. The van der Waals surface area contributed by atoms with Crippen LogP contribution in [0.25, 0.3) is 10.1 Å². The number of amides is 2. The average molecular weight is 474 g/mol. The number of benzene rings is 2. The average Bonchev–Trinajstić information content (AvgIpc) is 3.42. The molecule has 2 heterocycles. The van der Waals surface area contributed by atoms with Gasteiger partial charge in [-0.2, -0.15) is 0 Å². The molecule has 0 radical (unpaired) electrons. The number of halogens is 1. The molecule has 1 aliphatic heterocycles.